The molecule has 1 unspecified atom stereocenters. The Balaban J connectivity index is 1.79. The van der Waals surface area contributed by atoms with Crippen LogP contribution in [0, 0.1) is 0 Å². The normalized spacial score (nSPS) is 18.2. The number of rotatable bonds is 5. The highest BCUT2D eigenvalue weighted by atomic mass is 32.1. The van der Waals surface area contributed by atoms with Crippen LogP contribution in [0.5, 0.6) is 0 Å². The van der Waals surface area contributed by atoms with Crippen molar-refractivity contribution < 1.29 is 4.79 Å². The van der Waals surface area contributed by atoms with Gasteiger partial charge < -0.3 is 11.1 Å². The van der Waals surface area contributed by atoms with E-state index < -0.39 is 6.04 Å². The lowest BCUT2D eigenvalue weighted by molar-refractivity contribution is -0.121. The van der Waals surface area contributed by atoms with Gasteiger partial charge in [-0.2, -0.15) is 0 Å². The fraction of sp³-hybridized carbons (Fsp3) is 0.714. The van der Waals surface area contributed by atoms with Gasteiger partial charge in [-0.05, 0) is 19.8 Å². The molecule has 2 rings (SSSR count). The summed E-state index contributed by atoms with van der Waals surface area (Å²) >= 11 is 1.71. The molecule has 1 aliphatic carbocycles. The van der Waals surface area contributed by atoms with Crippen LogP contribution in [-0.4, -0.2) is 23.5 Å². The molecule has 106 valence electrons. The van der Waals surface area contributed by atoms with Gasteiger partial charge in [0, 0.05) is 24.3 Å². The van der Waals surface area contributed by atoms with Crippen molar-refractivity contribution in [2.75, 3.05) is 6.54 Å². The lowest BCUT2D eigenvalue weighted by Gasteiger charge is -2.19. The average molecular weight is 281 g/mol. The zero-order valence-electron chi connectivity index (χ0n) is 11.5. The summed E-state index contributed by atoms with van der Waals surface area (Å²) in [7, 11) is 0. The number of amides is 1. The van der Waals surface area contributed by atoms with E-state index >= 15 is 0 Å². The van der Waals surface area contributed by atoms with E-state index in [-0.39, 0.29) is 5.91 Å². The van der Waals surface area contributed by atoms with E-state index in [1.165, 1.54) is 37.8 Å². The number of nitrogens with zero attached hydrogens (tertiary/aromatic N) is 1. The van der Waals surface area contributed by atoms with E-state index in [1.54, 1.807) is 18.3 Å². The molecule has 1 amide bonds. The van der Waals surface area contributed by atoms with Crippen molar-refractivity contribution in [2.24, 2.45) is 5.73 Å². The molecule has 0 aromatic carbocycles. The third kappa shape index (κ3) is 4.28. The zero-order chi connectivity index (χ0) is 13.7. The maximum Gasteiger partial charge on any atom is 0.236 e. The Morgan fingerprint density at radius 3 is 2.95 bits per heavy atom. The molecule has 0 radical (unpaired) electrons. The van der Waals surface area contributed by atoms with Gasteiger partial charge in [0.25, 0.3) is 0 Å². The maximum absolute atomic E-state index is 11.3. The summed E-state index contributed by atoms with van der Waals surface area (Å²) in [6.45, 7) is 2.32. The van der Waals surface area contributed by atoms with Gasteiger partial charge in [-0.25, -0.2) is 4.98 Å². The predicted octanol–water partition coefficient (Wildman–Crippen LogP) is 2.20. The van der Waals surface area contributed by atoms with Gasteiger partial charge in [-0.15, -0.1) is 11.3 Å². The number of hydrogen-bond donors (Lipinski definition) is 2. The van der Waals surface area contributed by atoms with Crippen LogP contribution < -0.4 is 11.1 Å². The average Bonchev–Trinajstić information content (AvgIpc) is 2.88. The van der Waals surface area contributed by atoms with Gasteiger partial charge in [0.2, 0.25) is 5.91 Å². The van der Waals surface area contributed by atoms with Crippen LogP contribution in [0.25, 0.3) is 0 Å². The third-order valence-corrected chi connectivity index (χ3v) is 4.57. The highest BCUT2D eigenvalue weighted by Crippen LogP contribution is 2.32. The van der Waals surface area contributed by atoms with E-state index in [0.29, 0.717) is 12.5 Å². The Morgan fingerprint density at radius 1 is 1.53 bits per heavy atom. The van der Waals surface area contributed by atoms with Gasteiger partial charge in [0.15, 0.2) is 0 Å². The van der Waals surface area contributed by atoms with Crippen molar-refractivity contribution in [3.05, 3.63) is 16.1 Å². The summed E-state index contributed by atoms with van der Waals surface area (Å²) in [4.78, 5) is 16.0. The minimum atomic E-state index is -0.436. The molecule has 4 nitrogen and oxygen atoms in total. The van der Waals surface area contributed by atoms with Crippen LogP contribution >= 0.6 is 11.3 Å². The summed E-state index contributed by atoms with van der Waals surface area (Å²) in [5.74, 6) is 0.571. The molecule has 0 bridgehead atoms. The first-order chi connectivity index (χ1) is 9.16. The molecular formula is C14H23N3OS. The number of carbonyl (C=O) groups excluding carboxylic acids is 1. The van der Waals surface area contributed by atoms with Crippen molar-refractivity contribution in [2.45, 2.75) is 57.4 Å². The summed E-state index contributed by atoms with van der Waals surface area (Å²) in [6, 6.07) is -0.436. The number of nitrogens with two attached hydrogens (primary N) is 1. The second-order valence-corrected chi connectivity index (χ2v) is 6.27. The molecule has 1 saturated carbocycles. The van der Waals surface area contributed by atoms with Gasteiger partial charge in [-0.1, -0.05) is 19.3 Å². The van der Waals surface area contributed by atoms with Crippen molar-refractivity contribution in [3.8, 4) is 0 Å². The molecule has 0 spiro atoms. The Morgan fingerprint density at radius 2 is 2.26 bits per heavy atom. The van der Waals surface area contributed by atoms with Crippen molar-refractivity contribution in [1.29, 1.82) is 0 Å². The van der Waals surface area contributed by atoms with E-state index in [1.807, 2.05) is 0 Å². The summed E-state index contributed by atoms with van der Waals surface area (Å²) in [5, 5.41) is 6.13. The second-order valence-electron chi connectivity index (χ2n) is 5.33. The number of thiazole rings is 1. The maximum atomic E-state index is 11.3. The SMILES string of the molecule is CC(N)C(=O)NCCc1nc(C2CCCCC2)cs1. The smallest absolute Gasteiger partial charge is 0.236 e. The van der Waals surface area contributed by atoms with E-state index in [4.69, 9.17) is 10.7 Å². The highest BCUT2D eigenvalue weighted by molar-refractivity contribution is 7.09. The van der Waals surface area contributed by atoms with Crippen LogP contribution in [0.15, 0.2) is 5.38 Å². The fourth-order valence-corrected chi connectivity index (χ4v) is 3.36. The van der Waals surface area contributed by atoms with E-state index in [2.05, 4.69) is 10.7 Å². The minimum Gasteiger partial charge on any atom is -0.354 e. The number of hydrogen-bond acceptors (Lipinski definition) is 4. The molecule has 0 saturated heterocycles. The zero-order valence-corrected chi connectivity index (χ0v) is 12.3. The molecule has 19 heavy (non-hydrogen) atoms. The first kappa shape index (κ1) is 14.5. The molecule has 1 heterocycles. The molecular weight excluding hydrogens is 258 g/mol. The first-order valence-corrected chi connectivity index (χ1v) is 8.02. The first-order valence-electron chi connectivity index (χ1n) is 7.14. The number of carbonyl (C=O) groups is 1. The van der Waals surface area contributed by atoms with Crippen LogP contribution in [0.3, 0.4) is 0 Å². The Bertz CT molecular complexity index is 411. The molecule has 5 heteroatoms. The summed E-state index contributed by atoms with van der Waals surface area (Å²) in [6.07, 6.45) is 7.41. The monoisotopic (exact) mass is 281 g/mol. The molecule has 1 aliphatic rings. The van der Waals surface area contributed by atoms with E-state index in [9.17, 15) is 4.79 Å². The van der Waals surface area contributed by atoms with E-state index in [0.717, 1.165) is 11.4 Å². The standard InChI is InChI=1S/C14H23N3OS/c1-10(15)14(18)16-8-7-13-17-12(9-19-13)11-5-3-2-4-6-11/h9-11H,2-8,15H2,1H3,(H,16,18). The Labute approximate surface area is 118 Å². The molecule has 3 N–H and O–H groups in total. The van der Waals surface area contributed by atoms with Gasteiger partial charge in [-0.3, -0.25) is 4.79 Å². The predicted molar refractivity (Wildman–Crippen MR) is 78.3 cm³/mol. The van der Waals surface area contributed by atoms with Crippen LogP contribution in [-0.2, 0) is 11.2 Å². The summed E-state index contributed by atoms with van der Waals surface area (Å²) < 4.78 is 0. The minimum absolute atomic E-state index is 0.0935. The second kappa shape index (κ2) is 7.01. The largest absolute Gasteiger partial charge is 0.354 e. The van der Waals surface area contributed by atoms with Crippen molar-refractivity contribution in [3.63, 3.8) is 0 Å². The number of aromatic nitrogens is 1. The Kier molecular flexibility index (Phi) is 5.34. The van der Waals surface area contributed by atoms with Gasteiger partial charge in [0.05, 0.1) is 16.7 Å². The van der Waals surface area contributed by atoms with Gasteiger partial charge >= 0.3 is 0 Å². The molecule has 0 aliphatic heterocycles. The molecule has 1 aromatic rings. The molecule has 1 atom stereocenters. The van der Waals surface area contributed by atoms with Crippen molar-refractivity contribution >= 4 is 17.2 Å². The van der Waals surface area contributed by atoms with Gasteiger partial charge in [0.1, 0.15) is 0 Å². The number of nitrogens with one attached hydrogen (secondary N) is 1. The highest BCUT2D eigenvalue weighted by Gasteiger charge is 2.18. The molecule has 1 aromatic heterocycles. The third-order valence-electron chi connectivity index (χ3n) is 3.64. The lowest BCUT2D eigenvalue weighted by atomic mass is 9.87. The van der Waals surface area contributed by atoms with Crippen LogP contribution in [0.4, 0.5) is 0 Å². The topological polar surface area (TPSA) is 68.0 Å². The fourth-order valence-electron chi connectivity index (χ4n) is 2.48. The summed E-state index contributed by atoms with van der Waals surface area (Å²) in [5.41, 5.74) is 6.75. The quantitative estimate of drug-likeness (QED) is 0.869. The molecule has 1 fully saturated rings. The Hall–Kier alpha value is -0.940. The lowest BCUT2D eigenvalue weighted by Crippen LogP contribution is -2.39. The van der Waals surface area contributed by atoms with Crippen molar-refractivity contribution in [1.82, 2.24) is 10.3 Å². The van der Waals surface area contributed by atoms with Crippen LogP contribution in [0.1, 0.15) is 55.6 Å². The van der Waals surface area contributed by atoms with Crippen LogP contribution in [0.2, 0.25) is 0 Å².